The van der Waals surface area contributed by atoms with E-state index in [1.54, 1.807) is 0 Å². The third-order valence-electron chi connectivity index (χ3n) is 2.86. The molecule has 6 nitrogen and oxygen atoms in total. The molecule has 0 rings (SSSR count). The van der Waals surface area contributed by atoms with E-state index in [9.17, 15) is 19.2 Å². The lowest BCUT2D eigenvalue weighted by molar-refractivity contribution is -0.160. The van der Waals surface area contributed by atoms with Gasteiger partial charge >= 0.3 is 11.9 Å². The van der Waals surface area contributed by atoms with Crippen LogP contribution >= 0.6 is 0 Å². The lowest BCUT2D eigenvalue weighted by atomic mass is 9.98. The van der Waals surface area contributed by atoms with Crippen molar-refractivity contribution in [3.63, 3.8) is 0 Å². The van der Waals surface area contributed by atoms with Crippen molar-refractivity contribution in [2.75, 3.05) is 0 Å². The van der Waals surface area contributed by atoms with Gasteiger partial charge in [-0.3, -0.25) is 9.59 Å². The molecule has 0 aliphatic heterocycles. The van der Waals surface area contributed by atoms with Crippen molar-refractivity contribution in [2.45, 2.75) is 59.5 Å². The van der Waals surface area contributed by atoms with E-state index in [-0.39, 0.29) is 6.10 Å². The second kappa shape index (κ2) is 9.26. The molecule has 0 heterocycles. The Hall–Kier alpha value is -1.72. The molecule has 0 spiro atoms. The number of ether oxygens (including phenoxy) is 1. The van der Waals surface area contributed by atoms with E-state index in [4.69, 9.17) is 9.84 Å². The molecule has 0 aliphatic rings. The predicted octanol–water partition coefficient (Wildman–Crippen LogP) is 1.99. The molecule has 21 heavy (non-hydrogen) atoms. The van der Waals surface area contributed by atoms with Crippen LogP contribution < -0.4 is 0 Å². The van der Waals surface area contributed by atoms with Gasteiger partial charge in [0.15, 0.2) is 0 Å². The van der Waals surface area contributed by atoms with Gasteiger partial charge in [-0.2, -0.15) is 0 Å². The molecule has 0 aromatic heterocycles. The number of hydrogen-bond acceptors (Lipinski definition) is 5. The maximum atomic E-state index is 11.6. The minimum Gasteiger partial charge on any atom is -0.475 e. The summed E-state index contributed by atoms with van der Waals surface area (Å²) < 4.78 is 5.12. The van der Waals surface area contributed by atoms with Crippen LogP contribution in [-0.2, 0) is 23.9 Å². The fourth-order valence-corrected chi connectivity index (χ4v) is 1.78. The molecule has 0 fully saturated rings. The monoisotopic (exact) mass is 300 g/mol. The fraction of sp³-hybridized carbons (Fsp3) is 0.733. The Balaban J connectivity index is 4.53. The van der Waals surface area contributed by atoms with E-state index in [0.717, 1.165) is 6.42 Å². The normalized spacial score (nSPS) is 12.3. The standard InChI is InChI=1S/C15H24O6/c1-9(2)5-6-11(7-10(3)4)21-15(20)13(17)8-12(16)14(18)19/h9-11H,5-8H2,1-4H3,(H,18,19). The molecule has 0 aliphatic carbocycles. The molecule has 1 atom stereocenters. The zero-order valence-electron chi connectivity index (χ0n) is 13.0. The van der Waals surface area contributed by atoms with Gasteiger partial charge in [0.05, 0.1) is 6.42 Å². The van der Waals surface area contributed by atoms with E-state index in [1.165, 1.54) is 0 Å². The van der Waals surface area contributed by atoms with Crippen molar-refractivity contribution >= 4 is 23.5 Å². The molecule has 0 saturated heterocycles. The van der Waals surface area contributed by atoms with Crippen LogP contribution in [0.25, 0.3) is 0 Å². The molecular formula is C15H24O6. The van der Waals surface area contributed by atoms with Gasteiger partial charge in [0.25, 0.3) is 0 Å². The zero-order valence-corrected chi connectivity index (χ0v) is 13.0. The highest BCUT2D eigenvalue weighted by atomic mass is 16.5. The van der Waals surface area contributed by atoms with Crippen LogP contribution in [0.2, 0.25) is 0 Å². The number of Topliss-reactive ketones (excluding diaryl/α,β-unsaturated/α-hetero) is 2. The summed E-state index contributed by atoms with van der Waals surface area (Å²) in [4.78, 5) is 44.3. The summed E-state index contributed by atoms with van der Waals surface area (Å²) in [5, 5.41) is 8.40. The Morgan fingerprint density at radius 3 is 1.90 bits per heavy atom. The minimum atomic E-state index is -1.73. The van der Waals surface area contributed by atoms with Crippen LogP contribution in [0.4, 0.5) is 0 Å². The molecular weight excluding hydrogens is 276 g/mol. The van der Waals surface area contributed by atoms with Gasteiger partial charge in [-0.25, -0.2) is 9.59 Å². The highest BCUT2D eigenvalue weighted by Gasteiger charge is 2.26. The maximum Gasteiger partial charge on any atom is 0.375 e. The number of aliphatic carboxylic acids is 1. The number of esters is 1. The third kappa shape index (κ3) is 8.94. The Labute approximate surface area is 124 Å². The largest absolute Gasteiger partial charge is 0.475 e. The van der Waals surface area contributed by atoms with Crippen LogP contribution in [0, 0.1) is 11.8 Å². The number of rotatable bonds is 10. The van der Waals surface area contributed by atoms with E-state index < -0.39 is 29.9 Å². The average Bonchev–Trinajstić information content (AvgIpc) is 2.34. The summed E-state index contributed by atoms with van der Waals surface area (Å²) in [7, 11) is 0. The van der Waals surface area contributed by atoms with Crippen molar-refractivity contribution < 1.29 is 29.0 Å². The number of ketones is 2. The molecule has 1 N–H and O–H groups in total. The topological polar surface area (TPSA) is 97.7 Å². The molecule has 0 bridgehead atoms. The quantitative estimate of drug-likeness (QED) is 0.376. The number of carbonyl (C=O) groups is 4. The minimum absolute atomic E-state index is 0.297. The number of carboxylic acid groups (broad SMARTS) is 1. The summed E-state index contributed by atoms with van der Waals surface area (Å²) in [6.45, 7) is 8.05. The second-order valence-corrected chi connectivity index (χ2v) is 5.96. The van der Waals surface area contributed by atoms with E-state index in [2.05, 4.69) is 0 Å². The summed E-state index contributed by atoms with van der Waals surface area (Å²) >= 11 is 0. The molecule has 0 amide bonds. The summed E-state index contributed by atoms with van der Waals surface area (Å²) in [6, 6.07) is 0. The van der Waals surface area contributed by atoms with Crippen LogP contribution in [0.3, 0.4) is 0 Å². The zero-order chi connectivity index (χ0) is 16.6. The van der Waals surface area contributed by atoms with Crippen molar-refractivity contribution in [1.29, 1.82) is 0 Å². The number of hydrogen-bond donors (Lipinski definition) is 1. The van der Waals surface area contributed by atoms with Gasteiger partial charge in [-0.15, -0.1) is 0 Å². The number of carboxylic acids is 1. The summed E-state index contributed by atoms with van der Waals surface area (Å²) in [6.07, 6.45) is 0.781. The van der Waals surface area contributed by atoms with E-state index in [0.29, 0.717) is 24.7 Å². The highest BCUT2D eigenvalue weighted by molar-refractivity contribution is 6.45. The van der Waals surface area contributed by atoms with Gasteiger partial charge in [0.2, 0.25) is 11.6 Å². The maximum absolute atomic E-state index is 11.6. The van der Waals surface area contributed by atoms with Gasteiger partial charge in [-0.1, -0.05) is 27.7 Å². The third-order valence-corrected chi connectivity index (χ3v) is 2.86. The lowest BCUT2D eigenvalue weighted by Crippen LogP contribution is -2.29. The summed E-state index contributed by atoms with van der Waals surface area (Å²) in [5.41, 5.74) is 0. The van der Waals surface area contributed by atoms with Crippen molar-refractivity contribution in [2.24, 2.45) is 11.8 Å². The van der Waals surface area contributed by atoms with E-state index in [1.807, 2.05) is 27.7 Å². The first-order chi connectivity index (χ1) is 9.63. The van der Waals surface area contributed by atoms with Crippen LogP contribution in [0.15, 0.2) is 0 Å². The number of carbonyl (C=O) groups excluding carboxylic acids is 3. The average molecular weight is 300 g/mol. The molecule has 6 heteroatoms. The fourth-order valence-electron chi connectivity index (χ4n) is 1.78. The van der Waals surface area contributed by atoms with Gasteiger partial charge < -0.3 is 9.84 Å². The molecule has 120 valence electrons. The lowest BCUT2D eigenvalue weighted by Gasteiger charge is -2.20. The Bertz CT molecular complexity index is 397. The van der Waals surface area contributed by atoms with Crippen molar-refractivity contribution in [3.05, 3.63) is 0 Å². The summed E-state index contributed by atoms with van der Waals surface area (Å²) in [5.74, 6) is -4.53. The Kier molecular flexibility index (Phi) is 8.50. The van der Waals surface area contributed by atoms with E-state index >= 15 is 0 Å². The van der Waals surface area contributed by atoms with Gasteiger partial charge in [-0.05, 0) is 31.1 Å². The Morgan fingerprint density at radius 2 is 1.48 bits per heavy atom. The molecule has 0 saturated carbocycles. The molecule has 0 radical (unpaired) electrons. The first-order valence-corrected chi connectivity index (χ1v) is 7.13. The second-order valence-electron chi connectivity index (χ2n) is 5.96. The van der Waals surface area contributed by atoms with Crippen molar-refractivity contribution in [1.82, 2.24) is 0 Å². The van der Waals surface area contributed by atoms with Crippen LogP contribution in [-0.4, -0.2) is 34.7 Å². The van der Waals surface area contributed by atoms with Crippen molar-refractivity contribution in [3.8, 4) is 0 Å². The van der Waals surface area contributed by atoms with Crippen LogP contribution in [0.1, 0.15) is 53.4 Å². The first-order valence-electron chi connectivity index (χ1n) is 7.13. The Morgan fingerprint density at radius 1 is 0.905 bits per heavy atom. The van der Waals surface area contributed by atoms with Gasteiger partial charge in [0.1, 0.15) is 6.10 Å². The van der Waals surface area contributed by atoms with Crippen LogP contribution in [0.5, 0.6) is 0 Å². The molecule has 0 aromatic carbocycles. The SMILES string of the molecule is CC(C)CCC(CC(C)C)OC(=O)C(=O)CC(=O)C(=O)O. The van der Waals surface area contributed by atoms with Gasteiger partial charge in [0, 0.05) is 0 Å². The predicted molar refractivity (Wildman–Crippen MR) is 75.7 cm³/mol. The highest BCUT2D eigenvalue weighted by Crippen LogP contribution is 2.17. The first kappa shape index (κ1) is 19.3. The molecule has 1 unspecified atom stereocenters. The molecule has 0 aromatic rings. The smallest absolute Gasteiger partial charge is 0.375 e.